The largest absolute Gasteiger partial charge is 0.373 e. The first-order valence-electron chi connectivity index (χ1n) is 11.4. The maximum Gasteiger partial charge on any atom is 0.274 e. The van der Waals surface area contributed by atoms with E-state index in [9.17, 15) is 9.59 Å². The molecule has 0 saturated heterocycles. The van der Waals surface area contributed by atoms with E-state index in [1.54, 1.807) is 29.2 Å². The van der Waals surface area contributed by atoms with Gasteiger partial charge >= 0.3 is 0 Å². The van der Waals surface area contributed by atoms with Gasteiger partial charge in [-0.2, -0.15) is 0 Å². The number of carbonyl (C=O) groups excluding carboxylic acids is 1. The van der Waals surface area contributed by atoms with Crippen LogP contribution in [0.4, 0.5) is 11.5 Å². The first-order valence-corrected chi connectivity index (χ1v) is 11.4. The van der Waals surface area contributed by atoms with Crippen LogP contribution in [0.15, 0.2) is 96.8 Å². The van der Waals surface area contributed by atoms with Crippen molar-refractivity contribution in [3.05, 3.63) is 108 Å². The zero-order chi connectivity index (χ0) is 25.1. The molecule has 36 heavy (non-hydrogen) atoms. The number of nitrogens with zero attached hydrogens (tertiary/aromatic N) is 3. The predicted molar refractivity (Wildman–Crippen MR) is 143 cm³/mol. The molecule has 0 aliphatic rings. The number of amides is 1. The Morgan fingerprint density at radius 2 is 1.92 bits per heavy atom. The zero-order valence-electron chi connectivity index (χ0n) is 19.7. The Kier molecular flexibility index (Phi) is 6.15. The predicted octanol–water partition coefficient (Wildman–Crippen LogP) is 4.67. The Morgan fingerprint density at radius 3 is 2.69 bits per heavy atom. The molecule has 3 N–H and O–H groups in total. The molecule has 1 amide bonds. The smallest absolute Gasteiger partial charge is 0.274 e. The van der Waals surface area contributed by atoms with E-state index in [0.717, 1.165) is 50.7 Å². The van der Waals surface area contributed by atoms with E-state index in [-0.39, 0.29) is 11.2 Å². The van der Waals surface area contributed by atoms with Crippen LogP contribution in [0.3, 0.4) is 0 Å². The fourth-order valence-corrected chi connectivity index (χ4v) is 4.10. The van der Waals surface area contributed by atoms with Crippen molar-refractivity contribution in [2.45, 2.75) is 6.54 Å². The molecule has 4 heterocycles. The molecular weight excluding hydrogens is 452 g/mol. The Morgan fingerprint density at radius 1 is 1.08 bits per heavy atom. The molecule has 1 aromatic carbocycles. The van der Waals surface area contributed by atoms with Gasteiger partial charge in [0.15, 0.2) is 0 Å². The summed E-state index contributed by atoms with van der Waals surface area (Å²) < 4.78 is 1.59. The van der Waals surface area contributed by atoms with Crippen LogP contribution >= 0.6 is 0 Å². The fourth-order valence-electron chi connectivity index (χ4n) is 4.10. The lowest BCUT2D eigenvalue weighted by Gasteiger charge is -2.13. The Labute approximate surface area is 207 Å². The number of rotatable bonds is 7. The molecule has 0 aliphatic heterocycles. The van der Waals surface area contributed by atoms with E-state index in [4.69, 9.17) is 0 Å². The van der Waals surface area contributed by atoms with Gasteiger partial charge in [-0.05, 0) is 41.5 Å². The minimum Gasteiger partial charge on any atom is -0.373 e. The Hall–Kier alpha value is -4.98. The molecule has 0 bridgehead atoms. The molecule has 0 spiro atoms. The molecule has 0 unspecified atom stereocenters. The topological polar surface area (TPSA) is 105 Å². The van der Waals surface area contributed by atoms with Gasteiger partial charge in [0.05, 0.1) is 6.54 Å². The second kappa shape index (κ2) is 9.71. The van der Waals surface area contributed by atoms with E-state index in [2.05, 4.69) is 32.2 Å². The SMILES string of the molecule is C=CC(=O)Nc1cc(-c2cnc3[nH]cc(-c4ccnc(NC)c4)c3c2)cn(Cc2ccccc2)c1=O. The van der Waals surface area contributed by atoms with Gasteiger partial charge in [0, 0.05) is 53.9 Å². The maximum atomic E-state index is 13.2. The summed E-state index contributed by atoms with van der Waals surface area (Å²) in [5, 5.41) is 6.64. The average Bonchev–Trinajstić information content (AvgIpc) is 3.34. The third kappa shape index (κ3) is 4.52. The standard InChI is InChI=1S/C28H24N6O2/c1-3-26(35)33-24-12-21(17-34(28(24)36)16-18-7-5-4-6-8-18)20-11-22-23(15-32-27(22)31-14-20)19-9-10-30-25(13-19)29-2/h3-15,17H,1,16H2,2H3,(H,29,30)(H,31,32)(H,33,35). The molecule has 0 fully saturated rings. The van der Waals surface area contributed by atoms with Gasteiger partial charge in [-0.25, -0.2) is 9.97 Å². The first kappa shape index (κ1) is 22.8. The van der Waals surface area contributed by atoms with Crippen LogP contribution in [0.1, 0.15) is 5.56 Å². The number of hydrogen-bond donors (Lipinski definition) is 3. The highest BCUT2D eigenvalue weighted by molar-refractivity contribution is 5.99. The van der Waals surface area contributed by atoms with Gasteiger partial charge in [-0.15, -0.1) is 0 Å². The summed E-state index contributed by atoms with van der Waals surface area (Å²) in [5.74, 6) is 0.316. The van der Waals surface area contributed by atoms with Crippen LogP contribution in [0.2, 0.25) is 0 Å². The number of carbonyl (C=O) groups is 1. The van der Waals surface area contributed by atoms with Crippen LogP contribution in [0.5, 0.6) is 0 Å². The van der Waals surface area contributed by atoms with Crippen molar-refractivity contribution in [1.82, 2.24) is 19.5 Å². The van der Waals surface area contributed by atoms with E-state index >= 15 is 0 Å². The summed E-state index contributed by atoms with van der Waals surface area (Å²) in [6.45, 7) is 3.85. The minimum atomic E-state index is -0.449. The zero-order valence-corrected chi connectivity index (χ0v) is 19.7. The summed E-state index contributed by atoms with van der Waals surface area (Å²) in [4.78, 5) is 37.3. The van der Waals surface area contributed by atoms with Crippen molar-refractivity contribution in [2.75, 3.05) is 17.7 Å². The van der Waals surface area contributed by atoms with Gasteiger partial charge < -0.3 is 20.2 Å². The van der Waals surface area contributed by atoms with Crippen LogP contribution < -0.4 is 16.2 Å². The molecule has 5 rings (SSSR count). The minimum absolute atomic E-state index is 0.176. The van der Waals surface area contributed by atoms with Gasteiger partial charge in [0.2, 0.25) is 5.91 Å². The molecule has 5 aromatic rings. The lowest BCUT2D eigenvalue weighted by Crippen LogP contribution is -2.25. The van der Waals surface area contributed by atoms with Crippen molar-refractivity contribution in [3.8, 4) is 22.3 Å². The van der Waals surface area contributed by atoms with E-state index in [0.29, 0.717) is 6.54 Å². The fraction of sp³-hybridized carbons (Fsp3) is 0.0714. The van der Waals surface area contributed by atoms with E-state index in [1.165, 1.54) is 0 Å². The first-order chi connectivity index (χ1) is 17.6. The maximum absolute atomic E-state index is 13.2. The van der Waals surface area contributed by atoms with Crippen LogP contribution in [-0.4, -0.2) is 32.5 Å². The van der Waals surface area contributed by atoms with Crippen LogP contribution in [0, 0.1) is 0 Å². The Bertz CT molecular complexity index is 1640. The molecule has 8 heteroatoms. The second-order valence-corrected chi connectivity index (χ2v) is 8.26. The number of aromatic nitrogens is 4. The molecule has 0 atom stereocenters. The molecular formula is C28H24N6O2. The van der Waals surface area contributed by atoms with E-state index < -0.39 is 5.91 Å². The van der Waals surface area contributed by atoms with Crippen LogP contribution in [-0.2, 0) is 11.3 Å². The van der Waals surface area contributed by atoms with Gasteiger partial charge in [0.25, 0.3) is 5.56 Å². The Balaban J connectivity index is 1.63. The number of H-pyrrole nitrogens is 1. The van der Waals surface area contributed by atoms with Crippen molar-refractivity contribution < 1.29 is 4.79 Å². The van der Waals surface area contributed by atoms with Crippen molar-refractivity contribution in [3.63, 3.8) is 0 Å². The number of nitrogens with one attached hydrogen (secondary N) is 3. The third-order valence-corrected chi connectivity index (χ3v) is 5.92. The summed E-state index contributed by atoms with van der Waals surface area (Å²) in [6, 6.07) is 17.3. The number of fused-ring (bicyclic) bond motifs is 1. The number of hydrogen-bond acceptors (Lipinski definition) is 5. The quantitative estimate of drug-likeness (QED) is 0.296. The molecule has 0 radical (unpaired) electrons. The highest BCUT2D eigenvalue weighted by Crippen LogP contribution is 2.32. The van der Waals surface area contributed by atoms with Crippen molar-refractivity contribution in [1.29, 1.82) is 0 Å². The van der Waals surface area contributed by atoms with Crippen molar-refractivity contribution in [2.24, 2.45) is 0 Å². The number of anilines is 2. The number of aromatic amines is 1. The lowest BCUT2D eigenvalue weighted by molar-refractivity contribution is -0.111. The highest BCUT2D eigenvalue weighted by atomic mass is 16.2. The molecule has 4 aromatic heterocycles. The monoisotopic (exact) mass is 476 g/mol. The highest BCUT2D eigenvalue weighted by Gasteiger charge is 2.14. The molecule has 8 nitrogen and oxygen atoms in total. The molecule has 178 valence electrons. The van der Waals surface area contributed by atoms with Gasteiger partial charge in [0.1, 0.15) is 17.2 Å². The van der Waals surface area contributed by atoms with E-state index in [1.807, 2.05) is 61.8 Å². The molecule has 0 aliphatic carbocycles. The van der Waals surface area contributed by atoms with Gasteiger partial charge in [-0.1, -0.05) is 36.9 Å². The summed E-state index contributed by atoms with van der Waals surface area (Å²) in [7, 11) is 1.83. The van der Waals surface area contributed by atoms with Gasteiger partial charge in [-0.3, -0.25) is 9.59 Å². The lowest BCUT2D eigenvalue weighted by atomic mass is 10.0. The second-order valence-electron chi connectivity index (χ2n) is 8.26. The normalized spacial score (nSPS) is 10.8. The average molecular weight is 477 g/mol. The summed E-state index contributed by atoms with van der Waals surface area (Å²) in [5.41, 5.74) is 5.12. The molecule has 0 saturated carbocycles. The number of pyridine rings is 3. The summed E-state index contributed by atoms with van der Waals surface area (Å²) in [6.07, 6.45) is 8.36. The summed E-state index contributed by atoms with van der Waals surface area (Å²) >= 11 is 0. The van der Waals surface area contributed by atoms with Crippen molar-refractivity contribution >= 4 is 28.4 Å². The third-order valence-electron chi connectivity index (χ3n) is 5.92. The number of benzene rings is 1. The van der Waals surface area contributed by atoms with Crippen LogP contribution in [0.25, 0.3) is 33.3 Å².